The van der Waals surface area contributed by atoms with Crippen LogP contribution >= 0.6 is 0 Å². The monoisotopic (exact) mass is 566 g/mol. The van der Waals surface area contributed by atoms with Crippen molar-refractivity contribution in [1.82, 2.24) is 9.78 Å². The summed E-state index contributed by atoms with van der Waals surface area (Å²) in [5.41, 5.74) is 3.07. The van der Waals surface area contributed by atoms with Gasteiger partial charge in [-0.25, -0.2) is 8.42 Å². The lowest BCUT2D eigenvalue weighted by Crippen LogP contribution is -2.22. The SMILES string of the molecule is CCC(C)(C)c1ccc(-c2nn(-c3ccc(S(=O)(=O)c4ccc(OC(C)C)cc4)cc3)c(=O)c3ccccc23)cc1. The van der Waals surface area contributed by atoms with Gasteiger partial charge < -0.3 is 4.74 Å². The minimum absolute atomic E-state index is 0.00907. The smallest absolute Gasteiger partial charge is 0.279 e. The molecule has 0 aliphatic heterocycles. The van der Waals surface area contributed by atoms with Gasteiger partial charge in [0.05, 0.1) is 32.7 Å². The average Bonchev–Trinajstić information content (AvgIpc) is 2.98. The van der Waals surface area contributed by atoms with E-state index in [0.29, 0.717) is 22.5 Å². The Balaban J connectivity index is 1.54. The van der Waals surface area contributed by atoms with Crippen molar-refractivity contribution in [3.05, 3.63) is 113 Å². The third-order valence-electron chi connectivity index (χ3n) is 7.53. The van der Waals surface area contributed by atoms with Gasteiger partial charge in [-0.1, -0.05) is 63.2 Å². The second-order valence-electron chi connectivity index (χ2n) is 11.1. The molecule has 0 radical (unpaired) electrons. The van der Waals surface area contributed by atoms with Crippen molar-refractivity contribution < 1.29 is 13.2 Å². The molecule has 0 saturated carbocycles. The van der Waals surface area contributed by atoms with Crippen LogP contribution in [0.1, 0.15) is 46.6 Å². The number of benzene rings is 4. The lowest BCUT2D eigenvalue weighted by molar-refractivity contribution is 0.242. The molecule has 0 N–H and O–H groups in total. The molecular weight excluding hydrogens is 532 g/mol. The van der Waals surface area contributed by atoms with Crippen LogP contribution in [0.5, 0.6) is 5.75 Å². The molecule has 5 rings (SSSR count). The summed E-state index contributed by atoms with van der Waals surface area (Å²) in [5, 5.41) is 6.08. The molecule has 0 spiro atoms. The van der Waals surface area contributed by atoms with Crippen LogP contribution in [-0.4, -0.2) is 24.3 Å². The number of fused-ring (bicyclic) bond motifs is 1. The van der Waals surface area contributed by atoms with E-state index in [-0.39, 0.29) is 26.9 Å². The van der Waals surface area contributed by atoms with Gasteiger partial charge in [-0.3, -0.25) is 4.79 Å². The number of rotatable bonds is 8. The van der Waals surface area contributed by atoms with Crippen LogP contribution in [0.4, 0.5) is 0 Å². The van der Waals surface area contributed by atoms with Crippen LogP contribution in [0.15, 0.2) is 112 Å². The lowest BCUT2D eigenvalue weighted by atomic mass is 9.82. The Bertz CT molecular complexity index is 1850. The predicted octanol–water partition coefficient (Wildman–Crippen LogP) is 7.36. The van der Waals surface area contributed by atoms with E-state index >= 15 is 0 Å². The summed E-state index contributed by atoms with van der Waals surface area (Å²) in [7, 11) is -3.76. The van der Waals surface area contributed by atoms with Crippen molar-refractivity contribution in [3.63, 3.8) is 0 Å². The summed E-state index contributed by atoms with van der Waals surface area (Å²) in [4.78, 5) is 13.8. The van der Waals surface area contributed by atoms with E-state index in [1.165, 1.54) is 34.5 Å². The zero-order valence-corrected chi connectivity index (χ0v) is 24.8. The molecule has 210 valence electrons. The van der Waals surface area contributed by atoms with E-state index in [4.69, 9.17) is 9.84 Å². The Kier molecular flexibility index (Phi) is 7.58. The molecule has 0 atom stereocenters. The topological polar surface area (TPSA) is 78.3 Å². The van der Waals surface area contributed by atoms with Gasteiger partial charge in [0.15, 0.2) is 0 Å². The van der Waals surface area contributed by atoms with E-state index in [2.05, 4.69) is 32.9 Å². The van der Waals surface area contributed by atoms with Gasteiger partial charge in [0.1, 0.15) is 5.75 Å². The van der Waals surface area contributed by atoms with Gasteiger partial charge in [0.2, 0.25) is 9.84 Å². The number of nitrogens with zero attached hydrogens (tertiary/aromatic N) is 2. The fourth-order valence-corrected chi connectivity index (χ4v) is 5.99. The van der Waals surface area contributed by atoms with E-state index in [1.807, 2.05) is 44.2 Å². The van der Waals surface area contributed by atoms with Crippen LogP contribution in [0.25, 0.3) is 27.7 Å². The first-order valence-electron chi connectivity index (χ1n) is 13.8. The fraction of sp³-hybridized carbons (Fsp3) is 0.235. The number of hydrogen-bond acceptors (Lipinski definition) is 5. The first-order chi connectivity index (χ1) is 19.5. The normalized spacial score (nSPS) is 12.1. The van der Waals surface area contributed by atoms with Crippen LogP contribution < -0.4 is 10.3 Å². The summed E-state index contributed by atoms with van der Waals surface area (Å²) in [6, 6.07) is 28.4. The Morgan fingerprint density at radius 2 is 1.37 bits per heavy atom. The Hall–Kier alpha value is -4.23. The molecular formula is C34H34N2O4S. The van der Waals surface area contributed by atoms with Crippen LogP contribution in [0, 0.1) is 0 Å². The highest BCUT2D eigenvalue weighted by Crippen LogP contribution is 2.31. The fourth-order valence-electron chi connectivity index (χ4n) is 4.73. The molecule has 0 fully saturated rings. The molecule has 0 saturated heterocycles. The molecule has 4 aromatic carbocycles. The van der Waals surface area contributed by atoms with Crippen LogP contribution in [0.3, 0.4) is 0 Å². The zero-order chi connectivity index (χ0) is 29.4. The van der Waals surface area contributed by atoms with Crippen molar-refractivity contribution in [2.75, 3.05) is 0 Å². The summed E-state index contributed by atoms with van der Waals surface area (Å²) in [5.74, 6) is 0.607. The predicted molar refractivity (Wildman–Crippen MR) is 164 cm³/mol. The minimum Gasteiger partial charge on any atom is -0.491 e. The van der Waals surface area contributed by atoms with Gasteiger partial charge in [0, 0.05) is 10.9 Å². The van der Waals surface area contributed by atoms with E-state index in [0.717, 1.165) is 17.4 Å². The Morgan fingerprint density at radius 1 is 0.805 bits per heavy atom. The quantitative estimate of drug-likeness (QED) is 0.196. The van der Waals surface area contributed by atoms with Crippen molar-refractivity contribution in [3.8, 4) is 22.7 Å². The molecule has 0 amide bonds. The summed E-state index contributed by atoms with van der Waals surface area (Å²) in [6.45, 7) is 10.4. The molecule has 6 nitrogen and oxygen atoms in total. The first kappa shape index (κ1) is 28.3. The third-order valence-corrected chi connectivity index (χ3v) is 9.31. The molecule has 0 unspecified atom stereocenters. The maximum absolute atomic E-state index is 13.5. The highest BCUT2D eigenvalue weighted by atomic mass is 32.2. The molecule has 1 heterocycles. The van der Waals surface area contributed by atoms with Crippen LogP contribution in [-0.2, 0) is 15.3 Å². The summed E-state index contributed by atoms with van der Waals surface area (Å²) >= 11 is 0. The van der Waals surface area contributed by atoms with E-state index in [9.17, 15) is 13.2 Å². The maximum Gasteiger partial charge on any atom is 0.279 e. The third kappa shape index (κ3) is 5.55. The average molecular weight is 567 g/mol. The second kappa shape index (κ2) is 11.0. The maximum atomic E-state index is 13.5. The Morgan fingerprint density at radius 3 is 1.93 bits per heavy atom. The minimum atomic E-state index is -3.76. The molecule has 41 heavy (non-hydrogen) atoms. The van der Waals surface area contributed by atoms with Crippen molar-refractivity contribution in [2.45, 2.75) is 62.3 Å². The first-order valence-corrected chi connectivity index (χ1v) is 15.2. The number of ether oxygens (including phenoxy) is 1. The van der Waals surface area contributed by atoms with E-state index < -0.39 is 9.84 Å². The highest BCUT2D eigenvalue weighted by Gasteiger charge is 2.20. The van der Waals surface area contributed by atoms with Gasteiger partial charge in [0.25, 0.3) is 5.56 Å². The van der Waals surface area contributed by atoms with Crippen molar-refractivity contribution >= 4 is 20.6 Å². The van der Waals surface area contributed by atoms with Gasteiger partial charge in [-0.05, 0) is 85.8 Å². The van der Waals surface area contributed by atoms with Gasteiger partial charge in [-0.2, -0.15) is 9.78 Å². The van der Waals surface area contributed by atoms with Crippen molar-refractivity contribution in [1.29, 1.82) is 0 Å². The number of hydrogen-bond donors (Lipinski definition) is 0. The molecule has 1 aromatic heterocycles. The number of sulfone groups is 1. The summed E-state index contributed by atoms with van der Waals surface area (Å²) in [6.07, 6.45) is 1.01. The van der Waals surface area contributed by atoms with Gasteiger partial charge >= 0.3 is 0 Å². The largest absolute Gasteiger partial charge is 0.491 e. The van der Waals surface area contributed by atoms with Crippen LogP contribution in [0.2, 0.25) is 0 Å². The Labute approximate surface area is 241 Å². The van der Waals surface area contributed by atoms with E-state index in [1.54, 1.807) is 30.3 Å². The molecule has 7 heteroatoms. The summed E-state index contributed by atoms with van der Waals surface area (Å²) < 4.78 is 33.6. The van der Waals surface area contributed by atoms with Gasteiger partial charge in [-0.15, -0.1) is 0 Å². The molecule has 5 aromatic rings. The second-order valence-corrected chi connectivity index (χ2v) is 13.0. The lowest BCUT2D eigenvalue weighted by Gasteiger charge is -2.23. The molecule has 0 aliphatic carbocycles. The zero-order valence-electron chi connectivity index (χ0n) is 24.0. The highest BCUT2D eigenvalue weighted by molar-refractivity contribution is 7.91. The number of aromatic nitrogens is 2. The van der Waals surface area contributed by atoms with Crippen molar-refractivity contribution in [2.24, 2.45) is 0 Å². The molecule has 0 aliphatic rings. The standard InChI is InChI=1S/C34H34N2O4S/c1-6-34(4,5)25-13-11-24(12-14-25)32-30-9-7-8-10-31(30)33(37)36(35-32)26-15-19-28(20-16-26)41(38,39)29-21-17-27(18-22-29)40-23(2)3/h7-23H,6H2,1-5H3. The molecule has 0 bridgehead atoms.